The molecule has 34 heavy (non-hydrogen) atoms. The van der Waals surface area contributed by atoms with Crippen LogP contribution in [0.2, 0.25) is 0 Å². The van der Waals surface area contributed by atoms with E-state index < -0.39 is 23.6 Å². The summed E-state index contributed by atoms with van der Waals surface area (Å²) in [4.78, 5) is 12.7. The summed E-state index contributed by atoms with van der Waals surface area (Å²) in [6, 6.07) is 5.92. The molecule has 1 N–H and O–H groups in total. The van der Waals surface area contributed by atoms with Gasteiger partial charge in [-0.1, -0.05) is 12.1 Å². The molecule has 0 saturated carbocycles. The van der Waals surface area contributed by atoms with E-state index in [0.29, 0.717) is 46.7 Å². The van der Waals surface area contributed by atoms with Crippen molar-refractivity contribution in [2.24, 2.45) is 7.05 Å². The molecule has 0 aliphatic carbocycles. The molecule has 2 heterocycles. The number of methoxy groups -OCH3 is 1. The highest BCUT2D eigenvalue weighted by molar-refractivity contribution is 6.01. The maximum atomic E-state index is 14.7. The monoisotopic (exact) mass is 477 g/mol. The fourth-order valence-corrected chi connectivity index (χ4v) is 4.07. The minimum absolute atomic E-state index is 0.150. The van der Waals surface area contributed by atoms with Gasteiger partial charge in [0.2, 0.25) is 0 Å². The Hall–Kier alpha value is -3.47. The molecule has 11 heteroatoms. The van der Waals surface area contributed by atoms with E-state index in [1.54, 1.807) is 38.6 Å². The second-order valence-corrected chi connectivity index (χ2v) is 8.08. The standard InChI is InChI=1S/C23H23F4N5O2/c1-12(14-6-5-7-17(20(14)24)23(25,26)27)28-21-16-11-19-18(10-15(16)13(2)29-30-21)31(3)22(33)32(19)8-9-34-4/h5-7,10-12H,8-9H2,1-4H3,(H,28,30)/t12-/m1/s1. The Morgan fingerprint density at radius 2 is 1.85 bits per heavy atom. The minimum Gasteiger partial charge on any atom is -0.383 e. The molecule has 0 bridgehead atoms. The third-order valence-electron chi connectivity index (χ3n) is 5.90. The molecule has 0 amide bonds. The summed E-state index contributed by atoms with van der Waals surface area (Å²) < 4.78 is 62.4. The molecule has 0 aliphatic heterocycles. The first-order valence-electron chi connectivity index (χ1n) is 10.5. The zero-order valence-corrected chi connectivity index (χ0v) is 19.0. The molecular weight excluding hydrogens is 454 g/mol. The summed E-state index contributed by atoms with van der Waals surface area (Å²) in [5.41, 5.74) is 0.250. The highest BCUT2D eigenvalue weighted by atomic mass is 19.4. The van der Waals surface area contributed by atoms with E-state index in [1.807, 2.05) is 6.07 Å². The normalized spacial score (nSPS) is 13.1. The van der Waals surface area contributed by atoms with E-state index in [-0.39, 0.29) is 17.1 Å². The molecule has 4 rings (SSSR count). The van der Waals surface area contributed by atoms with Crippen LogP contribution in [0.5, 0.6) is 0 Å². The van der Waals surface area contributed by atoms with Crippen LogP contribution in [0, 0.1) is 12.7 Å². The van der Waals surface area contributed by atoms with Gasteiger partial charge < -0.3 is 10.1 Å². The van der Waals surface area contributed by atoms with Crippen molar-refractivity contribution in [2.75, 3.05) is 19.0 Å². The Morgan fingerprint density at radius 1 is 1.15 bits per heavy atom. The van der Waals surface area contributed by atoms with Crippen molar-refractivity contribution in [3.05, 3.63) is 63.5 Å². The van der Waals surface area contributed by atoms with E-state index in [9.17, 15) is 22.4 Å². The zero-order chi connectivity index (χ0) is 24.8. The highest BCUT2D eigenvalue weighted by Gasteiger charge is 2.35. The van der Waals surface area contributed by atoms with Crippen molar-refractivity contribution >= 4 is 27.6 Å². The molecule has 7 nitrogen and oxygen atoms in total. The van der Waals surface area contributed by atoms with Crippen molar-refractivity contribution < 1.29 is 22.3 Å². The molecule has 0 fully saturated rings. The second kappa shape index (κ2) is 8.71. The summed E-state index contributed by atoms with van der Waals surface area (Å²) >= 11 is 0. The van der Waals surface area contributed by atoms with E-state index in [2.05, 4.69) is 15.5 Å². The molecule has 2 aromatic carbocycles. The van der Waals surface area contributed by atoms with E-state index in [0.717, 1.165) is 0 Å². The van der Waals surface area contributed by atoms with E-state index in [4.69, 9.17) is 4.74 Å². The number of imidazole rings is 1. The number of aryl methyl sites for hydroxylation is 2. The Balaban J connectivity index is 1.84. The van der Waals surface area contributed by atoms with Crippen LogP contribution < -0.4 is 11.0 Å². The Kier molecular flexibility index (Phi) is 6.07. The molecule has 4 aromatic rings. The van der Waals surface area contributed by atoms with E-state index in [1.165, 1.54) is 16.7 Å². The molecule has 0 spiro atoms. The number of nitrogens with zero attached hydrogens (tertiary/aromatic N) is 4. The summed E-state index contributed by atoms with van der Waals surface area (Å²) in [6.07, 6.45) is -4.80. The maximum absolute atomic E-state index is 14.7. The van der Waals surface area contributed by atoms with Crippen LogP contribution in [-0.2, 0) is 24.5 Å². The summed E-state index contributed by atoms with van der Waals surface area (Å²) in [5.74, 6) is -1.07. The lowest BCUT2D eigenvalue weighted by atomic mass is 10.0. The fraction of sp³-hybridized carbons (Fsp3) is 0.348. The molecule has 1 atom stereocenters. The topological polar surface area (TPSA) is 74.0 Å². The third-order valence-corrected chi connectivity index (χ3v) is 5.90. The average Bonchev–Trinajstić information content (AvgIpc) is 3.01. The van der Waals surface area contributed by atoms with Crippen molar-refractivity contribution in [3.63, 3.8) is 0 Å². The predicted octanol–water partition coefficient (Wildman–Crippen LogP) is 4.57. The van der Waals surface area contributed by atoms with Gasteiger partial charge in [-0.05, 0) is 32.0 Å². The molecule has 0 saturated heterocycles. The number of hydrogen-bond donors (Lipinski definition) is 1. The van der Waals surface area contributed by atoms with Crippen molar-refractivity contribution in [3.8, 4) is 0 Å². The number of nitrogens with one attached hydrogen (secondary N) is 1. The highest BCUT2D eigenvalue weighted by Crippen LogP contribution is 2.35. The number of benzene rings is 2. The first kappa shape index (κ1) is 23.7. The van der Waals surface area contributed by atoms with Gasteiger partial charge >= 0.3 is 11.9 Å². The van der Waals surface area contributed by atoms with Gasteiger partial charge in [0.1, 0.15) is 5.82 Å². The van der Waals surface area contributed by atoms with Crippen LogP contribution in [0.3, 0.4) is 0 Å². The SMILES string of the molecule is COCCn1c(=O)n(C)c2cc3c(C)nnc(N[C@H](C)c4cccc(C(F)(F)F)c4F)c3cc21. The minimum atomic E-state index is -4.80. The van der Waals surface area contributed by atoms with Gasteiger partial charge in [0.15, 0.2) is 5.82 Å². The van der Waals surface area contributed by atoms with Crippen LogP contribution in [0.15, 0.2) is 35.1 Å². The van der Waals surface area contributed by atoms with Gasteiger partial charge in [0, 0.05) is 30.5 Å². The lowest BCUT2D eigenvalue weighted by Gasteiger charge is -2.19. The first-order valence-corrected chi connectivity index (χ1v) is 10.5. The van der Waals surface area contributed by atoms with Crippen molar-refractivity contribution in [2.45, 2.75) is 32.6 Å². The molecule has 180 valence electrons. The fourth-order valence-electron chi connectivity index (χ4n) is 4.07. The van der Waals surface area contributed by atoms with Gasteiger partial charge in [-0.15, -0.1) is 5.10 Å². The number of ether oxygens (including phenoxy) is 1. The molecular formula is C23H23F4N5O2. The van der Waals surface area contributed by atoms with Crippen LogP contribution in [0.25, 0.3) is 21.8 Å². The second-order valence-electron chi connectivity index (χ2n) is 8.08. The number of rotatable bonds is 6. The zero-order valence-electron chi connectivity index (χ0n) is 19.0. The van der Waals surface area contributed by atoms with Gasteiger partial charge in [-0.2, -0.15) is 18.3 Å². The predicted molar refractivity (Wildman–Crippen MR) is 120 cm³/mol. The number of anilines is 1. The average molecular weight is 477 g/mol. The van der Waals surface area contributed by atoms with E-state index >= 15 is 0 Å². The third kappa shape index (κ3) is 4.00. The molecule has 2 aromatic heterocycles. The van der Waals surface area contributed by atoms with Crippen molar-refractivity contribution in [1.82, 2.24) is 19.3 Å². The van der Waals surface area contributed by atoms with Crippen LogP contribution >= 0.6 is 0 Å². The van der Waals surface area contributed by atoms with Gasteiger partial charge in [0.05, 0.1) is 41.5 Å². The summed E-state index contributed by atoms with van der Waals surface area (Å²) in [5, 5.41) is 12.6. The van der Waals surface area contributed by atoms with Crippen molar-refractivity contribution in [1.29, 1.82) is 0 Å². The van der Waals surface area contributed by atoms with Gasteiger partial charge in [-0.3, -0.25) is 9.13 Å². The molecule has 0 radical (unpaired) electrons. The smallest absolute Gasteiger partial charge is 0.383 e. The number of hydrogen-bond acceptors (Lipinski definition) is 5. The molecule has 0 aliphatic rings. The number of fused-ring (bicyclic) bond motifs is 2. The first-order chi connectivity index (χ1) is 16.0. The van der Waals surface area contributed by atoms with Crippen LogP contribution in [0.1, 0.15) is 29.8 Å². The molecule has 0 unspecified atom stereocenters. The lowest BCUT2D eigenvalue weighted by molar-refractivity contribution is -0.140. The largest absolute Gasteiger partial charge is 0.419 e. The van der Waals surface area contributed by atoms with Crippen LogP contribution in [0.4, 0.5) is 23.4 Å². The Morgan fingerprint density at radius 3 is 2.53 bits per heavy atom. The number of aromatic nitrogens is 4. The van der Waals surface area contributed by atoms with Gasteiger partial charge in [0.25, 0.3) is 0 Å². The quantitative estimate of drug-likeness (QED) is 0.412. The maximum Gasteiger partial charge on any atom is 0.419 e. The van der Waals surface area contributed by atoms with Gasteiger partial charge in [-0.25, -0.2) is 9.18 Å². The number of halogens is 4. The van der Waals surface area contributed by atoms with Crippen LogP contribution in [-0.4, -0.2) is 33.0 Å². The number of alkyl halides is 3. The lowest BCUT2D eigenvalue weighted by Crippen LogP contribution is -2.23. The summed E-state index contributed by atoms with van der Waals surface area (Å²) in [7, 11) is 3.21. The Labute approximate surface area is 192 Å². The summed E-state index contributed by atoms with van der Waals surface area (Å²) in [6.45, 7) is 3.98. The Bertz CT molecular complexity index is 1440.